The van der Waals surface area contributed by atoms with Gasteiger partial charge in [0.2, 0.25) is 0 Å². The summed E-state index contributed by atoms with van der Waals surface area (Å²) in [6.07, 6.45) is 2.49. The monoisotopic (exact) mass is 372 g/mol. The summed E-state index contributed by atoms with van der Waals surface area (Å²) in [6.45, 7) is 1.29. The molecular formula is C14H16ClCuN3O3. The van der Waals surface area contributed by atoms with E-state index in [1.165, 1.54) is 6.92 Å². The van der Waals surface area contributed by atoms with Crippen LogP contribution in [-0.2, 0) is 21.9 Å². The molecule has 2 rings (SSSR count). The maximum absolute atomic E-state index is 9.74. The number of pyridine rings is 2. The second-order valence-corrected chi connectivity index (χ2v) is 4.02. The molecule has 0 aliphatic carbocycles. The number of aliphatic carboxylic acids is 1. The Morgan fingerprint density at radius 2 is 1.55 bits per heavy atom. The van der Waals surface area contributed by atoms with Gasteiger partial charge in [0, 0.05) is 12.4 Å². The molecule has 0 fully saturated rings. The van der Waals surface area contributed by atoms with Crippen LogP contribution < -0.4 is 23.2 Å². The molecule has 2 unspecified atom stereocenters. The van der Waals surface area contributed by atoms with Gasteiger partial charge in [-0.05, 0) is 31.2 Å². The third kappa shape index (κ3) is 8.07. The second-order valence-electron chi connectivity index (χ2n) is 4.02. The Morgan fingerprint density at radius 1 is 1.14 bits per heavy atom. The molecular weight excluding hydrogens is 357 g/mol. The van der Waals surface area contributed by atoms with Crippen LogP contribution in [0.15, 0.2) is 48.8 Å². The molecule has 3 N–H and O–H groups in total. The zero-order valence-electron chi connectivity index (χ0n) is 11.7. The predicted molar refractivity (Wildman–Crippen MR) is 72.1 cm³/mol. The molecule has 0 saturated heterocycles. The van der Waals surface area contributed by atoms with Crippen molar-refractivity contribution in [1.29, 1.82) is 0 Å². The van der Waals surface area contributed by atoms with E-state index in [4.69, 9.17) is 10.8 Å². The van der Waals surface area contributed by atoms with E-state index in [1.54, 1.807) is 12.4 Å². The standard InChI is InChI=1S/C10H8N2.C4H9NO3.ClH.Cu/c1-3-7-11-9(5-1)10-6-2-4-8-12-10;1-2(6)3(5)4(7)8;;/h1-8H;2-3,6H,5H2,1H3,(H,7,8);1H;/q;;;+2/p-2. The van der Waals surface area contributed by atoms with Crippen molar-refractivity contribution in [1.82, 2.24) is 9.97 Å². The van der Waals surface area contributed by atoms with Gasteiger partial charge in [0.25, 0.3) is 0 Å². The Bertz CT molecular complexity index is 492. The first-order valence-corrected chi connectivity index (χ1v) is 5.99. The molecule has 0 spiro atoms. The Labute approximate surface area is 145 Å². The molecule has 2 heterocycles. The van der Waals surface area contributed by atoms with Gasteiger partial charge in [0.15, 0.2) is 0 Å². The van der Waals surface area contributed by atoms with E-state index >= 15 is 0 Å². The number of halogens is 1. The number of nitrogens with two attached hydrogens (primary N) is 1. The zero-order valence-corrected chi connectivity index (χ0v) is 13.4. The van der Waals surface area contributed by atoms with Gasteiger partial charge in [0.1, 0.15) is 0 Å². The van der Waals surface area contributed by atoms with Crippen LogP contribution in [0.3, 0.4) is 0 Å². The second kappa shape index (κ2) is 12.1. The average Bonchev–Trinajstić information content (AvgIpc) is 2.48. The summed E-state index contributed by atoms with van der Waals surface area (Å²) in [5.41, 5.74) is 6.68. The van der Waals surface area contributed by atoms with E-state index in [9.17, 15) is 9.90 Å². The van der Waals surface area contributed by atoms with Gasteiger partial charge in [0.05, 0.1) is 29.5 Å². The van der Waals surface area contributed by atoms with Crippen molar-refractivity contribution in [3.05, 3.63) is 48.8 Å². The van der Waals surface area contributed by atoms with Gasteiger partial charge in [-0.25, -0.2) is 0 Å². The van der Waals surface area contributed by atoms with Crippen LogP contribution in [0.1, 0.15) is 6.92 Å². The first-order valence-electron chi connectivity index (χ1n) is 5.99. The summed E-state index contributed by atoms with van der Waals surface area (Å²) >= 11 is 0. The fraction of sp³-hybridized carbons (Fsp3) is 0.214. The summed E-state index contributed by atoms with van der Waals surface area (Å²) in [4.78, 5) is 18.1. The summed E-state index contributed by atoms with van der Waals surface area (Å²) in [5.74, 6) is -1.43. The number of carbonyl (C=O) groups is 1. The molecule has 123 valence electrons. The molecule has 6 nitrogen and oxygen atoms in total. The molecule has 0 aliphatic rings. The van der Waals surface area contributed by atoms with Gasteiger partial charge in [-0.3, -0.25) is 9.97 Å². The number of hydrogen-bond acceptors (Lipinski definition) is 6. The van der Waals surface area contributed by atoms with Crippen LogP contribution in [0, 0.1) is 0 Å². The first-order chi connectivity index (χ1) is 9.52. The SMILES string of the molecule is CC(O)C(N)C(=O)[O-].[Cl-].[Cu+2].c1ccc(-c2ccccn2)nc1. The maximum Gasteiger partial charge on any atom is 2.00 e. The van der Waals surface area contributed by atoms with Crippen LogP contribution in [0.4, 0.5) is 0 Å². The molecule has 0 aromatic carbocycles. The van der Waals surface area contributed by atoms with Crippen LogP contribution in [-0.4, -0.2) is 33.2 Å². The van der Waals surface area contributed by atoms with Crippen LogP contribution in [0.5, 0.6) is 0 Å². The minimum atomic E-state index is -1.43. The molecule has 8 heteroatoms. The topological polar surface area (TPSA) is 112 Å². The predicted octanol–water partition coefficient (Wildman–Crippen LogP) is -3.41. The van der Waals surface area contributed by atoms with Crippen LogP contribution >= 0.6 is 0 Å². The zero-order chi connectivity index (χ0) is 15.0. The first kappa shape index (κ1) is 22.8. The van der Waals surface area contributed by atoms with Crippen LogP contribution in [0.25, 0.3) is 11.4 Å². The molecule has 0 saturated carbocycles. The Morgan fingerprint density at radius 3 is 1.73 bits per heavy atom. The number of carboxylic acid groups (broad SMARTS) is 1. The Hall–Kier alpha value is -1.50. The van der Waals surface area contributed by atoms with Crippen LogP contribution in [0.2, 0.25) is 0 Å². The molecule has 22 heavy (non-hydrogen) atoms. The van der Waals surface area contributed by atoms with Crippen molar-refractivity contribution in [2.75, 3.05) is 0 Å². The molecule has 0 bridgehead atoms. The minimum Gasteiger partial charge on any atom is -1.00 e. The fourth-order valence-electron chi connectivity index (χ4n) is 1.23. The van der Waals surface area contributed by atoms with E-state index in [2.05, 4.69) is 9.97 Å². The van der Waals surface area contributed by atoms with Crippen molar-refractivity contribution < 1.29 is 44.5 Å². The summed E-state index contributed by atoms with van der Waals surface area (Å²) < 4.78 is 0. The van der Waals surface area contributed by atoms with Gasteiger partial charge in [-0.15, -0.1) is 0 Å². The summed E-state index contributed by atoms with van der Waals surface area (Å²) in [5, 5.41) is 18.2. The van der Waals surface area contributed by atoms with Gasteiger partial charge in [-0.2, -0.15) is 0 Å². The third-order valence-corrected chi connectivity index (χ3v) is 2.38. The Balaban J connectivity index is 0. The van der Waals surface area contributed by atoms with Gasteiger partial charge >= 0.3 is 17.1 Å². The minimum absolute atomic E-state index is 0. The van der Waals surface area contributed by atoms with E-state index in [0.29, 0.717) is 0 Å². The van der Waals surface area contributed by atoms with Crippen molar-refractivity contribution in [2.45, 2.75) is 19.1 Å². The largest absolute Gasteiger partial charge is 2.00 e. The number of rotatable bonds is 3. The number of hydrogen-bond donors (Lipinski definition) is 2. The number of nitrogens with zero attached hydrogens (tertiary/aromatic N) is 2. The van der Waals surface area contributed by atoms with Crippen molar-refractivity contribution in [3.63, 3.8) is 0 Å². The van der Waals surface area contributed by atoms with E-state index in [0.717, 1.165) is 11.4 Å². The van der Waals surface area contributed by atoms with Crippen molar-refractivity contribution >= 4 is 5.97 Å². The van der Waals surface area contributed by atoms with Crippen molar-refractivity contribution in [2.24, 2.45) is 5.73 Å². The Kier molecular flexibility index (Phi) is 12.5. The molecule has 2 atom stereocenters. The number of aliphatic hydroxyl groups excluding tert-OH is 1. The number of carboxylic acids is 1. The number of aromatic nitrogens is 2. The summed E-state index contributed by atoms with van der Waals surface area (Å²) in [6, 6.07) is 10.3. The fourth-order valence-corrected chi connectivity index (χ4v) is 1.23. The van der Waals surface area contributed by atoms with Gasteiger partial charge in [-0.1, -0.05) is 12.1 Å². The maximum atomic E-state index is 9.74. The normalized spacial score (nSPS) is 11.6. The molecule has 0 aliphatic heterocycles. The van der Waals surface area contributed by atoms with E-state index in [-0.39, 0.29) is 29.5 Å². The number of carbonyl (C=O) groups excluding carboxylic acids is 1. The van der Waals surface area contributed by atoms with Gasteiger partial charge < -0.3 is 33.1 Å². The smallest absolute Gasteiger partial charge is 1.00 e. The quantitative estimate of drug-likeness (QED) is 0.543. The van der Waals surface area contributed by atoms with Crippen molar-refractivity contribution in [3.8, 4) is 11.4 Å². The number of aliphatic hydroxyl groups is 1. The average molecular weight is 373 g/mol. The van der Waals surface area contributed by atoms with E-state index < -0.39 is 18.1 Å². The molecule has 2 aromatic rings. The summed E-state index contributed by atoms with van der Waals surface area (Å²) in [7, 11) is 0. The third-order valence-electron chi connectivity index (χ3n) is 2.38. The molecule has 2 aromatic heterocycles. The molecule has 0 amide bonds. The van der Waals surface area contributed by atoms with E-state index in [1.807, 2.05) is 36.4 Å². The molecule has 1 radical (unpaired) electrons.